The molecule has 0 radical (unpaired) electrons. The summed E-state index contributed by atoms with van der Waals surface area (Å²) in [5.74, 6) is 0. The maximum atomic E-state index is 10.3. The Morgan fingerprint density at radius 1 is 0.923 bits per heavy atom. The molecular weight excluding hydrogens is 206 g/mol. The zero-order valence-electron chi connectivity index (χ0n) is 6.70. The van der Waals surface area contributed by atoms with Crippen LogP contribution < -0.4 is 0 Å². The first-order chi connectivity index (χ1) is 5.77. The predicted octanol–water partition coefficient (Wildman–Crippen LogP) is -0.694. The smallest absolute Gasteiger partial charge is 0.248 e. The van der Waals surface area contributed by atoms with Gasteiger partial charge in [0.2, 0.25) is 25.7 Å². The molecule has 10 heteroatoms. The van der Waals surface area contributed by atoms with E-state index in [0.29, 0.717) is 0 Å². The highest BCUT2D eigenvalue weighted by atomic mass is 32.2. The van der Waals surface area contributed by atoms with E-state index < -0.39 is 30.8 Å². The molecule has 13 heavy (non-hydrogen) atoms. The normalized spacial score (nSPS) is 11.3. The summed E-state index contributed by atoms with van der Waals surface area (Å²) in [5, 5.41) is 27.5. The molecule has 0 bridgehead atoms. The molecule has 0 saturated carbocycles. The summed E-state index contributed by atoms with van der Waals surface area (Å²) >= 11 is 0. The molecule has 0 unspecified atom stereocenters. The maximum absolute atomic E-state index is 10.3. The van der Waals surface area contributed by atoms with Crippen LogP contribution in [0.3, 0.4) is 0 Å². The molecular formula is C3H6N3O6S+. The summed E-state index contributed by atoms with van der Waals surface area (Å²) in [6, 6.07) is 0. The zero-order valence-corrected chi connectivity index (χ0v) is 7.52. The van der Waals surface area contributed by atoms with Gasteiger partial charge in [0.15, 0.2) is 0 Å². The third kappa shape index (κ3) is 1.52. The standard InChI is InChI=1S/C3H6N3O6S/c1-13(2)3(4(7)8,5(9)10)6(11)12/h1-2H3/q+1. The highest BCUT2D eigenvalue weighted by molar-refractivity contribution is 7.96. The van der Waals surface area contributed by atoms with Gasteiger partial charge >= 0.3 is 5.12 Å². The Morgan fingerprint density at radius 3 is 1.15 bits per heavy atom. The van der Waals surface area contributed by atoms with Gasteiger partial charge in [-0.25, -0.2) is 30.3 Å². The Bertz CT molecular complexity index is 228. The van der Waals surface area contributed by atoms with Crippen molar-refractivity contribution in [2.24, 2.45) is 0 Å². The van der Waals surface area contributed by atoms with E-state index in [-0.39, 0.29) is 0 Å². The quantitative estimate of drug-likeness (QED) is 0.262. The molecule has 0 aliphatic carbocycles. The average Bonchev–Trinajstić information content (AvgIpc) is 1.82. The van der Waals surface area contributed by atoms with Crippen LogP contribution in [0.25, 0.3) is 0 Å². The summed E-state index contributed by atoms with van der Waals surface area (Å²) in [4.78, 5) is 26.4. The molecule has 0 aromatic heterocycles. The van der Waals surface area contributed by atoms with Crippen molar-refractivity contribution in [2.75, 3.05) is 12.5 Å². The topological polar surface area (TPSA) is 129 Å². The van der Waals surface area contributed by atoms with E-state index in [4.69, 9.17) is 0 Å². The summed E-state index contributed by atoms with van der Waals surface area (Å²) in [5.41, 5.74) is 0. The number of rotatable bonds is 4. The van der Waals surface area contributed by atoms with Gasteiger partial charge < -0.3 is 0 Å². The summed E-state index contributed by atoms with van der Waals surface area (Å²) in [6.45, 7) is 0. The molecule has 0 rings (SSSR count). The molecule has 0 fully saturated rings. The molecule has 9 nitrogen and oxygen atoms in total. The third-order valence-electron chi connectivity index (χ3n) is 1.26. The van der Waals surface area contributed by atoms with E-state index in [1.807, 2.05) is 0 Å². The minimum absolute atomic E-state index is 1.08. The van der Waals surface area contributed by atoms with E-state index in [9.17, 15) is 30.3 Å². The SMILES string of the molecule is C[S+](C)C([N+](=O)[O-])([N+](=O)[O-])[N+](=O)[O-]. The molecule has 0 saturated heterocycles. The Balaban J connectivity index is 5.46. The molecule has 0 aromatic carbocycles. The first-order valence-electron chi connectivity index (χ1n) is 2.79. The Labute approximate surface area is 74.5 Å². The van der Waals surface area contributed by atoms with Gasteiger partial charge in [0.1, 0.15) is 12.5 Å². The average molecular weight is 212 g/mol. The van der Waals surface area contributed by atoms with Crippen LogP contribution in [0.2, 0.25) is 0 Å². The monoisotopic (exact) mass is 212 g/mol. The lowest BCUT2D eigenvalue weighted by Crippen LogP contribution is -2.58. The van der Waals surface area contributed by atoms with E-state index in [1.54, 1.807) is 0 Å². The molecule has 0 heterocycles. The van der Waals surface area contributed by atoms with Crippen molar-refractivity contribution in [3.05, 3.63) is 30.3 Å². The van der Waals surface area contributed by atoms with Gasteiger partial charge in [-0.1, -0.05) is 0 Å². The van der Waals surface area contributed by atoms with Crippen molar-refractivity contribution in [1.29, 1.82) is 0 Å². The first-order valence-corrected chi connectivity index (χ1v) is 4.83. The summed E-state index contributed by atoms with van der Waals surface area (Å²) in [7, 11) is -1.60. The molecule has 74 valence electrons. The van der Waals surface area contributed by atoms with Crippen molar-refractivity contribution < 1.29 is 14.8 Å². The van der Waals surface area contributed by atoms with Crippen LogP contribution in [0.1, 0.15) is 0 Å². The molecule has 0 aliphatic heterocycles. The van der Waals surface area contributed by atoms with Crippen LogP contribution in [0.5, 0.6) is 0 Å². The predicted molar refractivity (Wildman–Crippen MR) is 42.9 cm³/mol. The number of hydrogen-bond acceptors (Lipinski definition) is 6. The van der Waals surface area contributed by atoms with Crippen LogP contribution >= 0.6 is 0 Å². The van der Waals surface area contributed by atoms with Gasteiger partial charge in [-0.2, -0.15) is 0 Å². The highest BCUT2D eigenvalue weighted by Gasteiger charge is 2.82. The van der Waals surface area contributed by atoms with E-state index >= 15 is 0 Å². The minimum Gasteiger partial charge on any atom is -0.248 e. The van der Waals surface area contributed by atoms with Gasteiger partial charge in [0.05, 0.1) is 0 Å². The molecule has 0 spiro atoms. The fourth-order valence-electron chi connectivity index (χ4n) is 0.647. The van der Waals surface area contributed by atoms with Crippen molar-refractivity contribution in [3.8, 4) is 0 Å². The second-order valence-electron chi connectivity index (χ2n) is 2.16. The largest absolute Gasteiger partial charge is 0.845 e. The second kappa shape index (κ2) is 3.51. The molecule has 0 atom stereocenters. The van der Waals surface area contributed by atoms with Crippen LogP contribution in [0, 0.1) is 30.3 Å². The van der Waals surface area contributed by atoms with Crippen molar-refractivity contribution in [2.45, 2.75) is 5.12 Å². The lowest BCUT2D eigenvalue weighted by molar-refractivity contribution is -0.935. The summed E-state index contributed by atoms with van der Waals surface area (Å²) < 4.78 is 0. The fraction of sp³-hybridized carbons (Fsp3) is 1.00. The van der Waals surface area contributed by atoms with E-state index in [0.717, 1.165) is 12.5 Å². The number of nitrogens with zero attached hydrogens (tertiary/aromatic N) is 3. The lowest BCUT2D eigenvalue weighted by Gasteiger charge is -2.03. The van der Waals surface area contributed by atoms with Crippen LogP contribution in [-0.4, -0.2) is 32.4 Å². The van der Waals surface area contributed by atoms with Gasteiger partial charge in [0.25, 0.3) is 0 Å². The van der Waals surface area contributed by atoms with Crippen molar-refractivity contribution in [1.82, 2.24) is 0 Å². The second-order valence-corrected chi connectivity index (χ2v) is 4.34. The Hall–Kier alpha value is -1.45. The minimum atomic E-state index is -3.31. The zero-order chi connectivity index (χ0) is 10.8. The van der Waals surface area contributed by atoms with Gasteiger partial charge in [0, 0.05) is 0 Å². The van der Waals surface area contributed by atoms with Crippen molar-refractivity contribution >= 4 is 10.9 Å². The van der Waals surface area contributed by atoms with Crippen LogP contribution in [0.4, 0.5) is 0 Å². The van der Waals surface area contributed by atoms with Crippen LogP contribution in [-0.2, 0) is 10.9 Å². The van der Waals surface area contributed by atoms with E-state index in [1.165, 1.54) is 0 Å². The maximum Gasteiger partial charge on any atom is 0.845 e. The molecule has 0 aliphatic rings. The molecule has 0 amide bonds. The Kier molecular flexibility index (Phi) is 3.12. The van der Waals surface area contributed by atoms with Gasteiger partial charge in [-0.15, -0.1) is 0 Å². The third-order valence-corrected chi connectivity index (χ3v) is 2.80. The van der Waals surface area contributed by atoms with Gasteiger partial charge in [-0.3, -0.25) is 0 Å². The van der Waals surface area contributed by atoms with E-state index in [2.05, 4.69) is 0 Å². The van der Waals surface area contributed by atoms with Gasteiger partial charge in [-0.05, 0) is 0 Å². The number of hydrogen-bond donors (Lipinski definition) is 0. The van der Waals surface area contributed by atoms with Crippen LogP contribution in [0.15, 0.2) is 0 Å². The molecule has 0 N–H and O–H groups in total. The Morgan fingerprint density at radius 2 is 1.15 bits per heavy atom. The van der Waals surface area contributed by atoms with Crippen molar-refractivity contribution in [3.63, 3.8) is 0 Å². The fourth-order valence-corrected chi connectivity index (χ4v) is 1.54. The summed E-state index contributed by atoms with van der Waals surface area (Å²) in [6.07, 6.45) is 2.16. The molecule has 0 aromatic rings. The highest BCUT2D eigenvalue weighted by Crippen LogP contribution is 2.19. The number of nitro groups is 3. The first kappa shape index (κ1) is 11.6. The lowest BCUT2D eigenvalue weighted by atomic mass is 10.9.